The Labute approximate surface area is 100 Å². The van der Waals surface area contributed by atoms with Gasteiger partial charge in [-0.05, 0) is 37.1 Å². The van der Waals surface area contributed by atoms with Gasteiger partial charge in [0.2, 0.25) is 0 Å². The van der Waals surface area contributed by atoms with Gasteiger partial charge < -0.3 is 9.47 Å². The minimum Gasteiger partial charge on any atom is -0.462 e. The molecule has 88 valence electrons. The van der Waals surface area contributed by atoms with Crippen LogP contribution >= 0.6 is 11.6 Å². The van der Waals surface area contributed by atoms with Crippen LogP contribution in [0.5, 0.6) is 0 Å². The van der Waals surface area contributed by atoms with E-state index in [1.54, 1.807) is 31.4 Å². The molecule has 1 aromatic rings. The maximum atomic E-state index is 11.5. The number of halogens is 1. The zero-order valence-corrected chi connectivity index (χ0v) is 10.00. The van der Waals surface area contributed by atoms with E-state index in [0.717, 1.165) is 12.8 Å². The fraction of sp³-hybridized carbons (Fsp3) is 0.417. The molecule has 0 spiro atoms. The number of benzene rings is 1. The zero-order valence-electron chi connectivity index (χ0n) is 9.24. The van der Waals surface area contributed by atoms with Crippen molar-refractivity contribution in [2.75, 3.05) is 20.3 Å². The molecule has 0 heterocycles. The van der Waals surface area contributed by atoms with Crippen molar-refractivity contribution < 1.29 is 14.3 Å². The molecule has 0 unspecified atom stereocenters. The second kappa shape index (κ2) is 7.25. The van der Waals surface area contributed by atoms with Crippen LogP contribution in [-0.4, -0.2) is 26.3 Å². The molecule has 4 heteroatoms. The van der Waals surface area contributed by atoms with E-state index in [1.807, 2.05) is 0 Å². The van der Waals surface area contributed by atoms with Crippen molar-refractivity contribution >= 4 is 17.6 Å². The molecule has 3 nitrogen and oxygen atoms in total. The molecule has 16 heavy (non-hydrogen) atoms. The fourth-order valence-corrected chi connectivity index (χ4v) is 1.31. The summed E-state index contributed by atoms with van der Waals surface area (Å²) in [6.07, 6.45) is 1.71. The summed E-state index contributed by atoms with van der Waals surface area (Å²) in [5, 5.41) is 0.608. The molecule has 0 bridgehead atoms. The van der Waals surface area contributed by atoms with E-state index < -0.39 is 0 Å². The van der Waals surface area contributed by atoms with Crippen LogP contribution in [0.1, 0.15) is 23.2 Å². The first-order valence-corrected chi connectivity index (χ1v) is 5.53. The van der Waals surface area contributed by atoms with Crippen molar-refractivity contribution in [1.82, 2.24) is 0 Å². The van der Waals surface area contributed by atoms with Crippen molar-refractivity contribution in [3.05, 3.63) is 34.9 Å². The third kappa shape index (κ3) is 4.64. The summed E-state index contributed by atoms with van der Waals surface area (Å²) in [4.78, 5) is 11.5. The molecule has 0 fully saturated rings. The maximum absolute atomic E-state index is 11.5. The Hall–Kier alpha value is -1.06. The summed E-state index contributed by atoms with van der Waals surface area (Å²) in [5.74, 6) is -0.311. The fourth-order valence-electron chi connectivity index (χ4n) is 1.18. The van der Waals surface area contributed by atoms with E-state index in [0.29, 0.717) is 23.8 Å². The normalized spacial score (nSPS) is 10.1. The molecule has 0 aliphatic heterocycles. The van der Waals surface area contributed by atoms with Gasteiger partial charge in [0.25, 0.3) is 0 Å². The largest absolute Gasteiger partial charge is 0.462 e. The number of esters is 1. The molecule has 0 N–H and O–H groups in total. The van der Waals surface area contributed by atoms with Crippen molar-refractivity contribution in [1.29, 1.82) is 0 Å². The van der Waals surface area contributed by atoms with Gasteiger partial charge in [-0.2, -0.15) is 0 Å². The maximum Gasteiger partial charge on any atom is 0.338 e. The van der Waals surface area contributed by atoms with Gasteiger partial charge in [-0.15, -0.1) is 0 Å². The zero-order chi connectivity index (χ0) is 11.8. The number of hydrogen-bond donors (Lipinski definition) is 0. The van der Waals surface area contributed by atoms with E-state index >= 15 is 0 Å². The second-order valence-electron chi connectivity index (χ2n) is 3.34. The van der Waals surface area contributed by atoms with Gasteiger partial charge in [0.1, 0.15) is 0 Å². The lowest BCUT2D eigenvalue weighted by Gasteiger charge is -2.04. The summed E-state index contributed by atoms with van der Waals surface area (Å²) in [6.45, 7) is 1.11. The Balaban J connectivity index is 2.27. The number of hydrogen-bond acceptors (Lipinski definition) is 3. The van der Waals surface area contributed by atoms with Crippen molar-refractivity contribution in [3.8, 4) is 0 Å². The van der Waals surface area contributed by atoms with Crippen LogP contribution in [0, 0.1) is 0 Å². The smallest absolute Gasteiger partial charge is 0.338 e. The summed E-state index contributed by atoms with van der Waals surface area (Å²) in [5.41, 5.74) is 0.524. The summed E-state index contributed by atoms with van der Waals surface area (Å²) in [7, 11) is 1.65. The number of carbonyl (C=O) groups excluding carboxylic acids is 1. The van der Waals surface area contributed by atoms with Gasteiger partial charge in [0, 0.05) is 18.7 Å². The van der Waals surface area contributed by atoms with Crippen LogP contribution in [0.15, 0.2) is 24.3 Å². The first-order valence-electron chi connectivity index (χ1n) is 5.15. The van der Waals surface area contributed by atoms with Gasteiger partial charge in [0.05, 0.1) is 12.2 Å². The molecule has 0 aromatic heterocycles. The van der Waals surface area contributed by atoms with Crippen molar-refractivity contribution in [3.63, 3.8) is 0 Å². The summed E-state index contributed by atoms with van der Waals surface area (Å²) >= 11 is 5.71. The summed E-state index contributed by atoms with van der Waals surface area (Å²) < 4.78 is 9.97. The van der Waals surface area contributed by atoms with Crippen molar-refractivity contribution in [2.24, 2.45) is 0 Å². The van der Waals surface area contributed by atoms with Gasteiger partial charge in [0.15, 0.2) is 0 Å². The highest BCUT2D eigenvalue weighted by atomic mass is 35.5. The average Bonchev–Trinajstić information content (AvgIpc) is 2.29. The number of carbonyl (C=O) groups is 1. The highest BCUT2D eigenvalue weighted by Gasteiger charge is 2.05. The molecule has 0 aliphatic rings. The monoisotopic (exact) mass is 242 g/mol. The number of rotatable bonds is 6. The summed E-state index contributed by atoms with van der Waals surface area (Å²) in [6, 6.07) is 6.64. The topological polar surface area (TPSA) is 35.5 Å². The van der Waals surface area contributed by atoms with Gasteiger partial charge in [-0.3, -0.25) is 0 Å². The van der Waals surface area contributed by atoms with E-state index in [2.05, 4.69) is 0 Å². The molecule has 0 amide bonds. The van der Waals surface area contributed by atoms with E-state index in [-0.39, 0.29) is 5.97 Å². The highest BCUT2D eigenvalue weighted by Crippen LogP contribution is 2.10. The van der Waals surface area contributed by atoms with Crippen LogP contribution in [0.25, 0.3) is 0 Å². The van der Waals surface area contributed by atoms with E-state index in [4.69, 9.17) is 21.1 Å². The first-order chi connectivity index (χ1) is 7.74. The van der Waals surface area contributed by atoms with Crippen LogP contribution in [0.4, 0.5) is 0 Å². The minimum absolute atomic E-state index is 0.311. The third-order valence-electron chi connectivity index (χ3n) is 2.06. The van der Waals surface area contributed by atoms with Crippen molar-refractivity contribution in [2.45, 2.75) is 12.8 Å². The number of methoxy groups -OCH3 is 1. The molecule has 0 saturated carbocycles. The standard InChI is InChI=1S/C12H15ClO3/c1-15-8-2-3-9-16-12(14)10-4-6-11(13)7-5-10/h4-7H,2-3,8-9H2,1H3. The quantitative estimate of drug-likeness (QED) is 0.568. The molecule has 0 aliphatic carbocycles. The lowest BCUT2D eigenvalue weighted by Crippen LogP contribution is -2.06. The Morgan fingerprint density at radius 1 is 1.19 bits per heavy atom. The Morgan fingerprint density at radius 3 is 2.44 bits per heavy atom. The van der Waals surface area contributed by atoms with Gasteiger partial charge >= 0.3 is 5.97 Å². The molecule has 1 aromatic carbocycles. The molecular weight excluding hydrogens is 228 g/mol. The lowest BCUT2D eigenvalue weighted by molar-refractivity contribution is 0.0489. The Kier molecular flexibility index (Phi) is 5.90. The van der Waals surface area contributed by atoms with E-state index in [1.165, 1.54) is 0 Å². The van der Waals surface area contributed by atoms with Crippen LogP contribution in [0.2, 0.25) is 5.02 Å². The average molecular weight is 243 g/mol. The molecule has 0 saturated heterocycles. The Morgan fingerprint density at radius 2 is 1.81 bits per heavy atom. The number of unbranched alkanes of at least 4 members (excludes halogenated alkanes) is 1. The van der Waals surface area contributed by atoms with Crippen LogP contribution in [-0.2, 0) is 9.47 Å². The van der Waals surface area contributed by atoms with Gasteiger partial charge in [-0.25, -0.2) is 4.79 Å². The minimum atomic E-state index is -0.311. The lowest BCUT2D eigenvalue weighted by atomic mass is 10.2. The van der Waals surface area contributed by atoms with Crippen LogP contribution < -0.4 is 0 Å². The predicted molar refractivity (Wildman–Crippen MR) is 62.8 cm³/mol. The molecule has 0 atom stereocenters. The van der Waals surface area contributed by atoms with Gasteiger partial charge in [-0.1, -0.05) is 11.6 Å². The second-order valence-corrected chi connectivity index (χ2v) is 3.78. The first kappa shape index (κ1) is 13.0. The van der Waals surface area contributed by atoms with E-state index in [9.17, 15) is 4.79 Å². The molecule has 0 radical (unpaired) electrons. The highest BCUT2D eigenvalue weighted by molar-refractivity contribution is 6.30. The van der Waals surface area contributed by atoms with Crippen LogP contribution in [0.3, 0.4) is 0 Å². The number of ether oxygens (including phenoxy) is 2. The predicted octanol–water partition coefficient (Wildman–Crippen LogP) is 2.92. The molecular formula is C12H15ClO3. The SMILES string of the molecule is COCCCCOC(=O)c1ccc(Cl)cc1. The Bertz CT molecular complexity index is 322. The third-order valence-corrected chi connectivity index (χ3v) is 2.31. The molecule has 1 rings (SSSR count).